The van der Waals surface area contributed by atoms with E-state index >= 15 is 0 Å². The zero-order chi connectivity index (χ0) is 15.0. The van der Waals surface area contributed by atoms with Crippen molar-refractivity contribution in [2.24, 2.45) is 0 Å². The molecule has 3 rings (SSSR count). The molecule has 1 saturated heterocycles. The van der Waals surface area contributed by atoms with Crippen LogP contribution in [-0.4, -0.2) is 23.6 Å². The maximum Gasteiger partial charge on any atom is 0.200 e. The van der Waals surface area contributed by atoms with Gasteiger partial charge < -0.3 is 9.30 Å². The number of aryl methyl sites for hydroxylation is 1. The van der Waals surface area contributed by atoms with Crippen molar-refractivity contribution in [3.8, 4) is 0 Å². The summed E-state index contributed by atoms with van der Waals surface area (Å²) in [4.78, 5) is 24.3. The summed E-state index contributed by atoms with van der Waals surface area (Å²) < 4.78 is 7.50. The molecular weight excluding hydrogens is 266 g/mol. The normalized spacial score (nSPS) is 16.3. The van der Waals surface area contributed by atoms with Crippen LogP contribution in [-0.2, 0) is 4.74 Å². The lowest BCUT2D eigenvalue weighted by molar-refractivity contribution is 0.0705. The zero-order valence-electron chi connectivity index (χ0n) is 12.4. The SMILES string of the molecule is CC(=O)c1cn(C2CCOCC2)c2ccc(C)cc2c1=O. The molecule has 0 bridgehead atoms. The van der Waals surface area contributed by atoms with E-state index in [1.54, 1.807) is 6.20 Å². The highest BCUT2D eigenvalue weighted by molar-refractivity contribution is 5.97. The van der Waals surface area contributed by atoms with Gasteiger partial charge in [-0.15, -0.1) is 0 Å². The van der Waals surface area contributed by atoms with Gasteiger partial charge in [-0.1, -0.05) is 11.6 Å². The Balaban J connectivity index is 2.29. The van der Waals surface area contributed by atoms with Gasteiger partial charge in [-0.3, -0.25) is 9.59 Å². The number of fused-ring (bicyclic) bond motifs is 1. The minimum absolute atomic E-state index is 0.162. The Hall–Kier alpha value is -1.94. The molecule has 4 heteroatoms. The quantitative estimate of drug-likeness (QED) is 0.797. The molecule has 0 unspecified atom stereocenters. The van der Waals surface area contributed by atoms with E-state index in [0.717, 1.165) is 37.1 Å². The molecule has 2 heterocycles. The highest BCUT2D eigenvalue weighted by atomic mass is 16.5. The predicted molar refractivity (Wildman–Crippen MR) is 82.0 cm³/mol. The number of carbonyl (C=O) groups is 1. The van der Waals surface area contributed by atoms with Gasteiger partial charge in [0.25, 0.3) is 0 Å². The number of benzene rings is 1. The highest BCUT2D eigenvalue weighted by Crippen LogP contribution is 2.25. The second-order valence-electron chi connectivity index (χ2n) is 5.70. The summed E-state index contributed by atoms with van der Waals surface area (Å²) in [6, 6.07) is 6.14. The van der Waals surface area contributed by atoms with Crippen LogP contribution < -0.4 is 5.43 Å². The van der Waals surface area contributed by atoms with E-state index < -0.39 is 0 Å². The highest BCUT2D eigenvalue weighted by Gasteiger charge is 2.20. The molecule has 1 fully saturated rings. The smallest absolute Gasteiger partial charge is 0.200 e. The minimum atomic E-state index is -0.177. The molecule has 1 aliphatic heterocycles. The molecule has 1 aliphatic rings. The van der Waals surface area contributed by atoms with Gasteiger partial charge in [0.2, 0.25) is 0 Å². The fourth-order valence-corrected chi connectivity index (χ4v) is 2.99. The first-order valence-electron chi connectivity index (χ1n) is 7.32. The molecule has 0 amide bonds. The van der Waals surface area contributed by atoms with Crippen molar-refractivity contribution < 1.29 is 9.53 Å². The van der Waals surface area contributed by atoms with Crippen LogP contribution in [0.2, 0.25) is 0 Å². The van der Waals surface area contributed by atoms with Crippen LogP contribution >= 0.6 is 0 Å². The number of Topliss-reactive ketones (excluding diaryl/α,β-unsaturated/α-hetero) is 1. The number of carbonyl (C=O) groups excluding carboxylic acids is 1. The van der Waals surface area contributed by atoms with Crippen molar-refractivity contribution in [1.82, 2.24) is 4.57 Å². The Bertz CT molecular complexity index is 754. The number of pyridine rings is 1. The van der Waals surface area contributed by atoms with Crippen LogP contribution in [0, 0.1) is 6.92 Å². The molecule has 0 spiro atoms. The molecular formula is C17H19NO3. The molecule has 0 aliphatic carbocycles. The molecule has 1 aromatic heterocycles. The Kier molecular flexibility index (Phi) is 3.64. The van der Waals surface area contributed by atoms with Crippen LogP contribution in [0.5, 0.6) is 0 Å². The first kappa shape index (κ1) is 14.0. The molecule has 110 valence electrons. The van der Waals surface area contributed by atoms with E-state index in [9.17, 15) is 9.59 Å². The fraction of sp³-hybridized carbons (Fsp3) is 0.412. The topological polar surface area (TPSA) is 48.3 Å². The number of ether oxygens (including phenoxy) is 1. The van der Waals surface area contributed by atoms with Gasteiger partial charge in [0, 0.05) is 30.8 Å². The zero-order valence-corrected chi connectivity index (χ0v) is 12.4. The molecule has 2 aromatic rings. The minimum Gasteiger partial charge on any atom is -0.381 e. The molecule has 1 aromatic carbocycles. The molecule has 21 heavy (non-hydrogen) atoms. The van der Waals surface area contributed by atoms with Gasteiger partial charge in [-0.05, 0) is 38.8 Å². The maximum atomic E-state index is 12.5. The Morgan fingerprint density at radius 1 is 1.29 bits per heavy atom. The van der Waals surface area contributed by atoms with Crippen molar-refractivity contribution in [1.29, 1.82) is 0 Å². The number of hydrogen-bond acceptors (Lipinski definition) is 3. The monoisotopic (exact) mass is 285 g/mol. The summed E-state index contributed by atoms with van der Waals surface area (Å²) in [5.74, 6) is -0.177. The number of aromatic nitrogens is 1. The lowest BCUT2D eigenvalue weighted by Gasteiger charge is -2.27. The molecule has 0 radical (unpaired) electrons. The summed E-state index contributed by atoms with van der Waals surface area (Å²) >= 11 is 0. The first-order chi connectivity index (χ1) is 10.1. The summed E-state index contributed by atoms with van der Waals surface area (Å²) in [6.07, 6.45) is 3.55. The van der Waals surface area contributed by atoms with Gasteiger partial charge in [0.05, 0.1) is 11.1 Å². The lowest BCUT2D eigenvalue weighted by Crippen LogP contribution is -2.24. The van der Waals surface area contributed by atoms with Crippen molar-refractivity contribution in [2.45, 2.75) is 32.7 Å². The van der Waals surface area contributed by atoms with E-state index in [1.165, 1.54) is 6.92 Å². The molecule has 0 N–H and O–H groups in total. The largest absolute Gasteiger partial charge is 0.381 e. The summed E-state index contributed by atoms with van der Waals surface area (Å²) in [5.41, 5.74) is 2.05. The van der Waals surface area contributed by atoms with Crippen LogP contribution in [0.1, 0.15) is 41.7 Å². The Morgan fingerprint density at radius 2 is 2.00 bits per heavy atom. The third-order valence-electron chi connectivity index (χ3n) is 4.15. The second kappa shape index (κ2) is 5.45. The van der Waals surface area contributed by atoms with Gasteiger partial charge in [-0.2, -0.15) is 0 Å². The summed E-state index contributed by atoms with van der Waals surface area (Å²) in [7, 11) is 0. The third kappa shape index (κ3) is 2.51. The fourth-order valence-electron chi connectivity index (χ4n) is 2.99. The van der Waals surface area contributed by atoms with E-state index in [4.69, 9.17) is 4.74 Å². The van der Waals surface area contributed by atoms with E-state index in [-0.39, 0.29) is 22.8 Å². The number of hydrogen-bond donors (Lipinski definition) is 0. The summed E-state index contributed by atoms with van der Waals surface area (Å²) in [6.45, 7) is 4.85. The van der Waals surface area contributed by atoms with Crippen LogP contribution in [0.3, 0.4) is 0 Å². The second-order valence-corrected chi connectivity index (χ2v) is 5.70. The predicted octanol–water partition coefficient (Wildman–Crippen LogP) is 2.86. The molecule has 0 atom stereocenters. The molecule has 4 nitrogen and oxygen atoms in total. The van der Waals surface area contributed by atoms with Crippen molar-refractivity contribution in [3.05, 3.63) is 45.7 Å². The maximum absolute atomic E-state index is 12.5. The Morgan fingerprint density at radius 3 is 2.67 bits per heavy atom. The van der Waals surface area contributed by atoms with Crippen LogP contribution in [0.25, 0.3) is 10.9 Å². The summed E-state index contributed by atoms with van der Waals surface area (Å²) in [5, 5.41) is 0.634. The van der Waals surface area contributed by atoms with Gasteiger partial charge >= 0.3 is 0 Å². The van der Waals surface area contributed by atoms with Crippen LogP contribution in [0.4, 0.5) is 0 Å². The van der Waals surface area contributed by atoms with Crippen molar-refractivity contribution in [3.63, 3.8) is 0 Å². The van der Waals surface area contributed by atoms with E-state index in [2.05, 4.69) is 4.57 Å². The third-order valence-corrected chi connectivity index (χ3v) is 4.15. The lowest BCUT2D eigenvalue weighted by atomic mass is 10.0. The average Bonchev–Trinajstić information content (AvgIpc) is 2.48. The molecule has 0 saturated carbocycles. The van der Waals surface area contributed by atoms with Crippen LogP contribution in [0.15, 0.2) is 29.2 Å². The number of ketones is 1. The van der Waals surface area contributed by atoms with Crippen molar-refractivity contribution in [2.75, 3.05) is 13.2 Å². The first-order valence-corrected chi connectivity index (χ1v) is 7.32. The Labute approximate surface area is 123 Å². The number of rotatable bonds is 2. The standard InChI is InChI=1S/C17H19NO3/c1-11-3-4-16-14(9-11)17(20)15(12(2)19)10-18(16)13-5-7-21-8-6-13/h3-4,9-10,13H,5-8H2,1-2H3. The number of nitrogens with zero attached hydrogens (tertiary/aromatic N) is 1. The van der Waals surface area contributed by atoms with E-state index in [0.29, 0.717) is 5.39 Å². The van der Waals surface area contributed by atoms with E-state index in [1.807, 2.05) is 25.1 Å². The van der Waals surface area contributed by atoms with Gasteiger partial charge in [-0.25, -0.2) is 0 Å². The van der Waals surface area contributed by atoms with Gasteiger partial charge in [0.15, 0.2) is 11.2 Å². The van der Waals surface area contributed by atoms with Crippen molar-refractivity contribution >= 4 is 16.7 Å². The van der Waals surface area contributed by atoms with Gasteiger partial charge in [0.1, 0.15) is 0 Å². The average molecular weight is 285 g/mol.